The highest BCUT2D eigenvalue weighted by Crippen LogP contribution is 2.60. The first kappa shape index (κ1) is 34.8. The predicted octanol–water partition coefficient (Wildman–Crippen LogP) is 15.2. The molecule has 8 aromatic carbocycles. The van der Waals surface area contributed by atoms with Gasteiger partial charge in [-0.15, -0.1) is 0 Å². The van der Waals surface area contributed by atoms with Crippen LogP contribution in [0.15, 0.2) is 194 Å². The molecule has 8 aromatic rings. The number of para-hydroxylation sites is 2. The molecule has 282 valence electrons. The molecule has 2 nitrogen and oxygen atoms in total. The standard InChI is InChI=1S/C56H48N2/c1-55(2)53-20-12-11-19-51(53)52-34-33-50(37-54(52)55)58(46-17-7-4-8-18-46)48-31-26-43(27-32-48)56(38-39-21-23-44(56)35-39)42-24-29-47(30-25-42)57(45-15-5-3-6-16-45)49-28-22-40-13-9-10-14-41(40)36-49/h3-20,22,24-34,36-37,39,44H,21,23,35,38H2,1-2H3. The van der Waals surface area contributed by atoms with Crippen LogP contribution >= 0.6 is 0 Å². The summed E-state index contributed by atoms with van der Waals surface area (Å²) in [5.74, 6) is 1.42. The van der Waals surface area contributed by atoms with E-state index in [-0.39, 0.29) is 10.8 Å². The Bertz CT molecular complexity index is 2770. The molecular formula is C56H48N2. The van der Waals surface area contributed by atoms with Crippen LogP contribution in [-0.4, -0.2) is 0 Å². The van der Waals surface area contributed by atoms with Gasteiger partial charge in [-0.05, 0) is 148 Å². The number of benzene rings is 8. The maximum atomic E-state index is 2.46. The Morgan fingerprint density at radius 3 is 1.52 bits per heavy atom. The lowest BCUT2D eigenvalue weighted by molar-refractivity contribution is 0.320. The third-order valence-electron chi connectivity index (χ3n) is 14.0. The largest absolute Gasteiger partial charge is 0.310 e. The number of nitrogens with zero attached hydrogens (tertiary/aromatic N) is 2. The van der Waals surface area contributed by atoms with E-state index in [1.807, 2.05) is 0 Å². The molecule has 0 saturated heterocycles. The second-order valence-electron chi connectivity index (χ2n) is 17.4. The highest BCUT2D eigenvalue weighted by molar-refractivity contribution is 5.89. The summed E-state index contributed by atoms with van der Waals surface area (Å²) in [6.07, 6.45) is 5.18. The molecular weight excluding hydrogens is 701 g/mol. The van der Waals surface area contributed by atoms with Gasteiger partial charge in [-0.1, -0.05) is 142 Å². The van der Waals surface area contributed by atoms with Crippen molar-refractivity contribution in [2.75, 3.05) is 9.80 Å². The van der Waals surface area contributed by atoms with Crippen LogP contribution in [-0.2, 0) is 10.8 Å². The zero-order valence-electron chi connectivity index (χ0n) is 33.4. The van der Waals surface area contributed by atoms with Crippen LogP contribution in [0.4, 0.5) is 34.1 Å². The van der Waals surface area contributed by atoms with Gasteiger partial charge in [-0.3, -0.25) is 0 Å². The van der Waals surface area contributed by atoms with Crippen molar-refractivity contribution in [2.24, 2.45) is 11.8 Å². The van der Waals surface area contributed by atoms with Crippen LogP contribution in [0.3, 0.4) is 0 Å². The Kier molecular flexibility index (Phi) is 8.19. The maximum absolute atomic E-state index is 2.46. The monoisotopic (exact) mass is 748 g/mol. The third kappa shape index (κ3) is 5.53. The van der Waals surface area contributed by atoms with Gasteiger partial charge in [0.1, 0.15) is 0 Å². The van der Waals surface area contributed by atoms with Gasteiger partial charge in [0.25, 0.3) is 0 Å². The van der Waals surface area contributed by atoms with Crippen LogP contribution in [0, 0.1) is 11.8 Å². The van der Waals surface area contributed by atoms with Gasteiger partial charge < -0.3 is 9.80 Å². The zero-order chi connectivity index (χ0) is 38.8. The molecule has 0 radical (unpaired) electrons. The molecule has 3 unspecified atom stereocenters. The van der Waals surface area contributed by atoms with Crippen molar-refractivity contribution in [3.8, 4) is 11.1 Å². The SMILES string of the molecule is CC1(C)c2ccccc2-c2ccc(N(c3ccccc3)c3ccc(C4(c5ccc(N(c6ccccc6)c6ccc7ccccc7c6)cc5)CC5CCC4C5)cc3)cc21. The van der Waals surface area contributed by atoms with Crippen molar-refractivity contribution in [3.63, 3.8) is 0 Å². The molecule has 0 aliphatic heterocycles. The molecule has 2 bridgehead atoms. The van der Waals surface area contributed by atoms with Gasteiger partial charge in [0, 0.05) is 45.0 Å². The first-order chi connectivity index (χ1) is 28.5. The Morgan fingerprint density at radius 2 is 0.914 bits per heavy atom. The molecule has 2 saturated carbocycles. The summed E-state index contributed by atoms with van der Waals surface area (Å²) < 4.78 is 0. The normalized spacial score (nSPS) is 19.8. The van der Waals surface area contributed by atoms with E-state index in [0.29, 0.717) is 5.92 Å². The van der Waals surface area contributed by atoms with Crippen LogP contribution in [0.2, 0.25) is 0 Å². The van der Waals surface area contributed by atoms with Gasteiger partial charge in [-0.25, -0.2) is 0 Å². The molecule has 3 atom stereocenters. The van der Waals surface area contributed by atoms with Gasteiger partial charge in [0.15, 0.2) is 0 Å². The van der Waals surface area contributed by atoms with Crippen molar-refractivity contribution >= 4 is 44.9 Å². The smallest absolute Gasteiger partial charge is 0.0468 e. The average Bonchev–Trinajstić information content (AvgIpc) is 3.97. The number of anilines is 6. The summed E-state index contributed by atoms with van der Waals surface area (Å²) >= 11 is 0. The summed E-state index contributed by atoms with van der Waals surface area (Å²) in [5.41, 5.74) is 15.4. The van der Waals surface area contributed by atoms with Gasteiger partial charge in [0.05, 0.1) is 0 Å². The van der Waals surface area contributed by atoms with E-state index in [1.165, 1.54) is 98.3 Å². The van der Waals surface area contributed by atoms with Crippen LogP contribution in [0.5, 0.6) is 0 Å². The number of hydrogen-bond donors (Lipinski definition) is 0. The fourth-order valence-corrected chi connectivity index (χ4v) is 11.2. The van der Waals surface area contributed by atoms with Crippen LogP contribution in [0.1, 0.15) is 61.8 Å². The van der Waals surface area contributed by atoms with E-state index >= 15 is 0 Å². The second kappa shape index (κ2) is 13.6. The van der Waals surface area contributed by atoms with E-state index in [1.54, 1.807) is 0 Å². The second-order valence-corrected chi connectivity index (χ2v) is 17.4. The summed E-state index contributed by atoms with van der Waals surface area (Å²) in [6.45, 7) is 4.74. The Balaban J connectivity index is 0.974. The molecule has 0 amide bonds. The number of rotatable bonds is 8. The van der Waals surface area contributed by atoms with Gasteiger partial charge >= 0.3 is 0 Å². The molecule has 2 fully saturated rings. The first-order valence-corrected chi connectivity index (χ1v) is 21.1. The topological polar surface area (TPSA) is 6.48 Å². The quantitative estimate of drug-likeness (QED) is 0.153. The van der Waals surface area contributed by atoms with E-state index in [9.17, 15) is 0 Å². The Morgan fingerprint density at radius 1 is 0.414 bits per heavy atom. The third-order valence-corrected chi connectivity index (χ3v) is 14.0. The molecule has 0 heterocycles. The Labute approximate surface area is 343 Å². The minimum atomic E-state index is -0.0640. The van der Waals surface area contributed by atoms with Crippen LogP contribution in [0.25, 0.3) is 21.9 Å². The number of fused-ring (bicyclic) bond motifs is 6. The molecule has 3 aliphatic carbocycles. The summed E-state index contributed by atoms with van der Waals surface area (Å²) in [6, 6.07) is 72.4. The van der Waals surface area contributed by atoms with E-state index in [4.69, 9.17) is 0 Å². The highest BCUT2D eigenvalue weighted by Gasteiger charge is 2.52. The minimum Gasteiger partial charge on any atom is -0.310 e. The fourth-order valence-electron chi connectivity index (χ4n) is 11.2. The summed E-state index contributed by atoms with van der Waals surface area (Å²) in [4.78, 5) is 4.84. The molecule has 0 spiro atoms. The average molecular weight is 749 g/mol. The van der Waals surface area contributed by atoms with Crippen molar-refractivity contribution in [1.29, 1.82) is 0 Å². The minimum absolute atomic E-state index is 0.00144. The van der Waals surface area contributed by atoms with E-state index in [0.717, 1.165) is 11.6 Å². The molecule has 58 heavy (non-hydrogen) atoms. The van der Waals surface area contributed by atoms with Crippen LogP contribution < -0.4 is 9.80 Å². The molecule has 0 aromatic heterocycles. The molecule has 2 heteroatoms. The van der Waals surface area contributed by atoms with Crippen molar-refractivity contribution in [1.82, 2.24) is 0 Å². The van der Waals surface area contributed by atoms with Gasteiger partial charge in [-0.2, -0.15) is 0 Å². The number of hydrogen-bond acceptors (Lipinski definition) is 2. The lowest BCUT2D eigenvalue weighted by Crippen LogP contribution is -2.34. The summed E-state index contributed by atoms with van der Waals surface area (Å²) in [5, 5.41) is 2.51. The van der Waals surface area contributed by atoms with Crippen molar-refractivity contribution < 1.29 is 0 Å². The molecule has 0 N–H and O–H groups in total. The maximum Gasteiger partial charge on any atom is 0.0468 e. The lowest BCUT2D eigenvalue weighted by atomic mass is 9.64. The van der Waals surface area contributed by atoms with E-state index < -0.39 is 0 Å². The predicted molar refractivity (Wildman–Crippen MR) is 244 cm³/mol. The summed E-state index contributed by atoms with van der Waals surface area (Å²) in [7, 11) is 0. The van der Waals surface area contributed by atoms with Gasteiger partial charge in [0.2, 0.25) is 0 Å². The zero-order valence-corrected chi connectivity index (χ0v) is 33.4. The fraction of sp³-hybridized carbons (Fsp3) is 0.179. The first-order valence-electron chi connectivity index (χ1n) is 21.1. The Hall–Kier alpha value is -6.38. The highest BCUT2D eigenvalue weighted by atomic mass is 15.1. The van der Waals surface area contributed by atoms with E-state index in [2.05, 4.69) is 218 Å². The van der Waals surface area contributed by atoms with Crippen molar-refractivity contribution in [2.45, 2.75) is 50.4 Å². The molecule has 11 rings (SSSR count). The lowest BCUT2D eigenvalue weighted by Gasteiger charge is -2.40. The van der Waals surface area contributed by atoms with Crippen molar-refractivity contribution in [3.05, 3.63) is 216 Å². The molecule has 3 aliphatic rings.